The third-order valence-corrected chi connectivity index (χ3v) is 5.56. The summed E-state index contributed by atoms with van der Waals surface area (Å²) < 4.78 is 29.0. The lowest BCUT2D eigenvalue weighted by molar-refractivity contribution is 0.285. The van der Waals surface area contributed by atoms with Crippen LogP contribution >= 0.6 is 0 Å². The van der Waals surface area contributed by atoms with Gasteiger partial charge in [-0.1, -0.05) is 6.92 Å². The Labute approximate surface area is 127 Å². The van der Waals surface area contributed by atoms with Gasteiger partial charge in [-0.3, -0.25) is 4.90 Å². The summed E-state index contributed by atoms with van der Waals surface area (Å²) in [5.41, 5.74) is 1.17. The summed E-state index contributed by atoms with van der Waals surface area (Å²) in [4.78, 5) is 2.21. The van der Waals surface area contributed by atoms with Crippen molar-refractivity contribution in [3.05, 3.63) is 23.2 Å². The van der Waals surface area contributed by atoms with Crippen molar-refractivity contribution < 1.29 is 12.8 Å². The molecule has 6 heteroatoms. The minimum Gasteiger partial charge on any atom is -0.465 e. The lowest BCUT2D eigenvalue weighted by atomic mass is 10.2. The van der Waals surface area contributed by atoms with Crippen molar-refractivity contribution in [3.8, 4) is 0 Å². The number of hydrogen-bond acceptors (Lipinski definition) is 5. The second-order valence-corrected chi connectivity index (χ2v) is 8.06. The molecule has 0 aromatic carbocycles. The fraction of sp³-hybridized carbons (Fsp3) is 0.733. The zero-order valence-corrected chi connectivity index (χ0v) is 13.8. The predicted octanol–water partition coefficient (Wildman–Crippen LogP) is 1.71. The Morgan fingerprint density at radius 3 is 2.90 bits per heavy atom. The molecule has 5 nitrogen and oxygen atoms in total. The van der Waals surface area contributed by atoms with Gasteiger partial charge in [0.2, 0.25) is 0 Å². The van der Waals surface area contributed by atoms with Crippen molar-refractivity contribution in [2.24, 2.45) is 0 Å². The van der Waals surface area contributed by atoms with Gasteiger partial charge in [0.25, 0.3) is 0 Å². The van der Waals surface area contributed by atoms with Crippen LogP contribution in [0.25, 0.3) is 0 Å². The molecule has 0 saturated carbocycles. The van der Waals surface area contributed by atoms with E-state index >= 15 is 0 Å². The Morgan fingerprint density at radius 2 is 2.14 bits per heavy atom. The molecule has 1 fully saturated rings. The first-order valence-electron chi connectivity index (χ1n) is 7.72. The molecular formula is C15H26N2O3S. The molecule has 1 aliphatic rings. The van der Waals surface area contributed by atoms with Crippen molar-refractivity contribution in [1.82, 2.24) is 10.2 Å². The largest absolute Gasteiger partial charge is 0.465 e. The van der Waals surface area contributed by atoms with Crippen LogP contribution in [0.15, 0.2) is 10.5 Å². The summed E-state index contributed by atoms with van der Waals surface area (Å²) >= 11 is 0. The Kier molecular flexibility index (Phi) is 5.84. The van der Waals surface area contributed by atoms with Crippen LogP contribution in [0.2, 0.25) is 0 Å². The molecule has 0 amide bonds. The van der Waals surface area contributed by atoms with Crippen LogP contribution in [0.5, 0.6) is 0 Å². The second-order valence-electron chi connectivity index (χ2n) is 5.75. The zero-order chi connectivity index (χ0) is 15.3. The highest BCUT2D eigenvalue weighted by Gasteiger charge is 2.20. The molecular weight excluding hydrogens is 288 g/mol. The van der Waals surface area contributed by atoms with E-state index in [0.717, 1.165) is 50.5 Å². The van der Waals surface area contributed by atoms with Gasteiger partial charge in [-0.25, -0.2) is 8.42 Å². The molecule has 1 aliphatic heterocycles. The zero-order valence-electron chi connectivity index (χ0n) is 13.0. The Hall–Kier alpha value is -0.850. The smallest absolute Gasteiger partial charge is 0.151 e. The van der Waals surface area contributed by atoms with E-state index in [-0.39, 0.29) is 5.75 Å². The Balaban J connectivity index is 1.93. The van der Waals surface area contributed by atoms with Crippen LogP contribution < -0.4 is 5.32 Å². The predicted molar refractivity (Wildman–Crippen MR) is 84.0 cm³/mol. The molecule has 0 bridgehead atoms. The van der Waals surface area contributed by atoms with E-state index in [9.17, 15) is 8.42 Å². The minimum absolute atomic E-state index is 0.273. The molecule has 1 saturated heterocycles. The van der Waals surface area contributed by atoms with E-state index in [0.29, 0.717) is 12.3 Å². The fourth-order valence-corrected chi connectivity index (χ4v) is 3.92. The number of sulfone groups is 1. The normalized spacial score (nSPS) is 19.5. The first-order chi connectivity index (χ1) is 10.00. The van der Waals surface area contributed by atoms with E-state index in [1.54, 1.807) is 0 Å². The molecule has 0 unspecified atom stereocenters. The van der Waals surface area contributed by atoms with Crippen LogP contribution in [-0.4, -0.2) is 44.5 Å². The fourth-order valence-electron chi connectivity index (χ4n) is 2.61. The molecule has 0 spiro atoms. The molecule has 21 heavy (non-hydrogen) atoms. The summed E-state index contributed by atoms with van der Waals surface area (Å²) in [6, 6.07) is 2.09. The molecule has 1 aromatic rings. The highest BCUT2D eigenvalue weighted by atomic mass is 32.2. The topological polar surface area (TPSA) is 62.6 Å². The van der Waals surface area contributed by atoms with Gasteiger partial charge in [0.05, 0.1) is 18.1 Å². The second kappa shape index (κ2) is 7.42. The van der Waals surface area contributed by atoms with Gasteiger partial charge in [0.1, 0.15) is 11.5 Å². The number of aryl methyl sites for hydroxylation is 1. The summed E-state index contributed by atoms with van der Waals surface area (Å²) in [5, 5.41) is 3.33. The highest BCUT2D eigenvalue weighted by Crippen LogP contribution is 2.18. The van der Waals surface area contributed by atoms with Crippen molar-refractivity contribution in [1.29, 1.82) is 0 Å². The first-order valence-corrected chi connectivity index (χ1v) is 9.54. The van der Waals surface area contributed by atoms with Gasteiger partial charge in [-0.05, 0) is 38.9 Å². The van der Waals surface area contributed by atoms with Gasteiger partial charge >= 0.3 is 0 Å². The van der Waals surface area contributed by atoms with E-state index in [1.807, 2.05) is 6.92 Å². The molecule has 1 N–H and O–H groups in total. The molecule has 1 aromatic heterocycles. The van der Waals surface area contributed by atoms with Crippen molar-refractivity contribution >= 4 is 9.84 Å². The van der Waals surface area contributed by atoms with Crippen molar-refractivity contribution in [2.45, 2.75) is 39.8 Å². The molecule has 120 valence electrons. The van der Waals surface area contributed by atoms with Crippen molar-refractivity contribution in [2.75, 3.05) is 31.1 Å². The number of nitrogens with zero attached hydrogens (tertiary/aromatic N) is 1. The van der Waals surface area contributed by atoms with Crippen LogP contribution in [0, 0.1) is 6.92 Å². The maximum Gasteiger partial charge on any atom is 0.151 e. The summed E-state index contributed by atoms with van der Waals surface area (Å²) in [6.07, 6.45) is 1.83. The Morgan fingerprint density at radius 1 is 1.33 bits per heavy atom. The first kappa shape index (κ1) is 16.5. The third-order valence-electron chi connectivity index (χ3n) is 3.84. The lowest BCUT2D eigenvalue weighted by Crippen LogP contribution is -2.26. The van der Waals surface area contributed by atoms with Crippen LogP contribution in [0.1, 0.15) is 36.8 Å². The number of furan rings is 1. The summed E-state index contributed by atoms with van der Waals surface area (Å²) in [6.45, 7) is 8.09. The Bertz CT molecular complexity index is 551. The average Bonchev–Trinajstić information content (AvgIpc) is 2.66. The molecule has 2 rings (SSSR count). The lowest BCUT2D eigenvalue weighted by Gasteiger charge is -2.18. The van der Waals surface area contributed by atoms with Gasteiger partial charge in [-0.2, -0.15) is 0 Å². The SMILES string of the molecule is CCCNCc1cc(CN2CCCS(=O)(=O)CC2)c(C)o1. The standard InChI is InChI=1S/C15H26N2O3S/c1-3-5-16-11-15-10-14(13(2)20-15)12-17-6-4-8-21(18,19)9-7-17/h10,16H,3-9,11-12H2,1-2H3. The van der Waals surface area contributed by atoms with E-state index in [2.05, 4.69) is 23.2 Å². The molecule has 0 aliphatic carbocycles. The highest BCUT2D eigenvalue weighted by molar-refractivity contribution is 7.91. The summed E-state index contributed by atoms with van der Waals surface area (Å²) in [7, 11) is -2.84. The average molecular weight is 314 g/mol. The van der Waals surface area contributed by atoms with Gasteiger partial charge in [0.15, 0.2) is 9.84 Å². The van der Waals surface area contributed by atoms with Gasteiger partial charge < -0.3 is 9.73 Å². The van der Waals surface area contributed by atoms with Gasteiger partial charge in [0, 0.05) is 18.7 Å². The molecule has 0 radical (unpaired) electrons. The van der Waals surface area contributed by atoms with Crippen LogP contribution in [-0.2, 0) is 22.9 Å². The van der Waals surface area contributed by atoms with E-state index in [1.165, 1.54) is 5.56 Å². The third kappa shape index (κ3) is 5.13. The summed E-state index contributed by atoms with van der Waals surface area (Å²) in [5.74, 6) is 2.49. The van der Waals surface area contributed by atoms with Crippen LogP contribution in [0.3, 0.4) is 0 Å². The van der Waals surface area contributed by atoms with Crippen molar-refractivity contribution in [3.63, 3.8) is 0 Å². The number of rotatable bonds is 6. The molecule has 2 heterocycles. The quantitative estimate of drug-likeness (QED) is 0.810. The van der Waals surface area contributed by atoms with Gasteiger partial charge in [-0.15, -0.1) is 0 Å². The monoisotopic (exact) mass is 314 g/mol. The maximum absolute atomic E-state index is 11.6. The molecule has 0 atom stereocenters. The number of nitrogens with one attached hydrogen (secondary N) is 1. The minimum atomic E-state index is -2.84. The van der Waals surface area contributed by atoms with E-state index < -0.39 is 9.84 Å². The number of hydrogen-bond donors (Lipinski definition) is 1. The van der Waals surface area contributed by atoms with Crippen LogP contribution in [0.4, 0.5) is 0 Å². The maximum atomic E-state index is 11.6. The van der Waals surface area contributed by atoms with E-state index in [4.69, 9.17) is 4.42 Å².